The van der Waals surface area contributed by atoms with Crippen molar-refractivity contribution in [2.24, 2.45) is 11.7 Å². The zero-order valence-corrected chi connectivity index (χ0v) is 24.8. The molecule has 2 saturated heterocycles. The van der Waals surface area contributed by atoms with Crippen LogP contribution in [-0.2, 0) is 41.5 Å². The third-order valence-electron chi connectivity index (χ3n) is 8.06. The molecule has 12 nitrogen and oxygen atoms in total. The second-order valence-electron chi connectivity index (χ2n) is 11.3. The van der Waals surface area contributed by atoms with Crippen molar-refractivity contribution in [1.29, 1.82) is 0 Å². The van der Waals surface area contributed by atoms with Crippen molar-refractivity contribution in [3.63, 3.8) is 0 Å². The molecule has 3 amide bonds. The fourth-order valence-electron chi connectivity index (χ4n) is 5.26. The number of phenols is 1. The summed E-state index contributed by atoms with van der Waals surface area (Å²) >= 11 is 0. The van der Waals surface area contributed by atoms with E-state index in [2.05, 4.69) is 10.6 Å². The summed E-state index contributed by atoms with van der Waals surface area (Å²) in [6, 6.07) is 12.1. The van der Waals surface area contributed by atoms with E-state index in [1.165, 1.54) is 26.2 Å². The number of carbonyl (C=O) groups excluding carboxylic acids is 4. The zero-order chi connectivity index (χ0) is 31.2. The van der Waals surface area contributed by atoms with Crippen LogP contribution in [0.2, 0.25) is 0 Å². The van der Waals surface area contributed by atoms with Crippen molar-refractivity contribution < 1.29 is 38.5 Å². The molecular formula is C31H40N4O8. The van der Waals surface area contributed by atoms with E-state index < -0.39 is 40.7 Å². The first kappa shape index (κ1) is 31.9. The number of carbonyl (C=O) groups is 4. The fraction of sp³-hybridized carbons (Fsp3) is 0.484. The number of nitrogens with zero attached hydrogens (tertiary/aromatic N) is 1. The first-order chi connectivity index (χ1) is 20.5. The Morgan fingerprint density at radius 3 is 2.23 bits per heavy atom. The molecule has 2 heterocycles. The van der Waals surface area contributed by atoms with E-state index >= 15 is 0 Å². The number of hydrogen-bond acceptors (Lipinski definition) is 9. The monoisotopic (exact) mass is 596 g/mol. The van der Waals surface area contributed by atoms with Crippen LogP contribution in [0, 0.1) is 5.92 Å². The number of hydrogen-bond donors (Lipinski definition) is 4. The van der Waals surface area contributed by atoms with Crippen LogP contribution >= 0.6 is 0 Å². The van der Waals surface area contributed by atoms with E-state index in [4.69, 9.17) is 19.9 Å². The Morgan fingerprint density at radius 1 is 1.07 bits per heavy atom. The molecule has 0 aliphatic carbocycles. The van der Waals surface area contributed by atoms with Gasteiger partial charge < -0.3 is 35.7 Å². The Hall–Kier alpha value is -4.00. The number of epoxide rings is 1. The van der Waals surface area contributed by atoms with Gasteiger partial charge in [-0.05, 0) is 55.7 Å². The number of Topliss-reactive ketones (excluding diaryl/α,β-unsaturated/α-hetero) is 1. The molecule has 232 valence electrons. The Bertz CT molecular complexity index is 1310. The highest BCUT2D eigenvalue weighted by molar-refractivity contribution is 6.02. The van der Waals surface area contributed by atoms with Gasteiger partial charge in [0.15, 0.2) is 5.78 Å². The number of methoxy groups -OCH3 is 1. The number of ether oxygens (including phenoxy) is 3. The van der Waals surface area contributed by atoms with E-state index in [-0.39, 0.29) is 37.6 Å². The predicted octanol–water partition coefficient (Wildman–Crippen LogP) is 0.337. The average Bonchev–Trinajstić information content (AvgIpc) is 3.75. The lowest BCUT2D eigenvalue weighted by atomic mass is 9.70. The van der Waals surface area contributed by atoms with E-state index in [0.29, 0.717) is 43.2 Å². The number of morpholine rings is 1. The van der Waals surface area contributed by atoms with Crippen molar-refractivity contribution >= 4 is 23.5 Å². The fourth-order valence-corrected chi connectivity index (χ4v) is 5.26. The van der Waals surface area contributed by atoms with Gasteiger partial charge in [0.1, 0.15) is 28.7 Å². The van der Waals surface area contributed by atoms with E-state index in [1.807, 2.05) is 4.90 Å². The third kappa shape index (κ3) is 7.89. The van der Waals surface area contributed by atoms with Crippen molar-refractivity contribution in [3.8, 4) is 11.5 Å². The summed E-state index contributed by atoms with van der Waals surface area (Å²) in [4.78, 5) is 56.0. The lowest BCUT2D eigenvalue weighted by Gasteiger charge is -2.40. The van der Waals surface area contributed by atoms with Gasteiger partial charge in [-0.15, -0.1) is 0 Å². The highest BCUT2D eigenvalue weighted by Crippen LogP contribution is 2.37. The molecule has 4 atom stereocenters. The number of rotatable bonds is 14. The molecule has 2 aliphatic heterocycles. The van der Waals surface area contributed by atoms with Crippen LogP contribution in [0.4, 0.5) is 0 Å². The number of nitrogens with two attached hydrogens (primary N) is 1. The maximum absolute atomic E-state index is 14.1. The minimum atomic E-state index is -1.90. The highest BCUT2D eigenvalue weighted by atomic mass is 16.6. The zero-order valence-electron chi connectivity index (χ0n) is 24.8. The van der Waals surface area contributed by atoms with Gasteiger partial charge in [-0.2, -0.15) is 0 Å². The van der Waals surface area contributed by atoms with E-state index in [9.17, 15) is 24.3 Å². The molecular weight excluding hydrogens is 556 g/mol. The predicted molar refractivity (Wildman–Crippen MR) is 156 cm³/mol. The maximum Gasteiger partial charge on any atom is 0.244 e. The largest absolute Gasteiger partial charge is 0.508 e. The first-order valence-electron chi connectivity index (χ1n) is 14.3. The number of phenolic OH excluding ortho intramolecular Hbond substituents is 1. The van der Waals surface area contributed by atoms with Gasteiger partial charge in [0.2, 0.25) is 17.7 Å². The molecule has 5 N–H and O–H groups in total. The van der Waals surface area contributed by atoms with Crippen molar-refractivity contribution in [2.75, 3.05) is 46.6 Å². The smallest absolute Gasteiger partial charge is 0.244 e. The summed E-state index contributed by atoms with van der Waals surface area (Å²) in [7, 11) is 1.53. The van der Waals surface area contributed by atoms with Crippen LogP contribution in [0.3, 0.4) is 0 Å². The topological polar surface area (TPSA) is 173 Å². The Morgan fingerprint density at radius 2 is 1.67 bits per heavy atom. The molecule has 0 aromatic heterocycles. The van der Waals surface area contributed by atoms with Crippen LogP contribution in [0.5, 0.6) is 11.5 Å². The molecule has 0 radical (unpaired) electrons. The van der Waals surface area contributed by atoms with Gasteiger partial charge >= 0.3 is 0 Å². The van der Waals surface area contributed by atoms with Crippen LogP contribution in [0.1, 0.15) is 25.0 Å². The average molecular weight is 597 g/mol. The van der Waals surface area contributed by atoms with Crippen LogP contribution in [0.25, 0.3) is 0 Å². The van der Waals surface area contributed by atoms with Crippen molar-refractivity contribution in [2.45, 2.75) is 43.9 Å². The summed E-state index contributed by atoms with van der Waals surface area (Å²) in [5.74, 6) is -2.86. The number of benzene rings is 2. The van der Waals surface area contributed by atoms with Gasteiger partial charge in [0.25, 0.3) is 0 Å². The van der Waals surface area contributed by atoms with E-state index in [1.54, 1.807) is 43.3 Å². The highest BCUT2D eigenvalue weighted by Gasteiger charge is 2.58. The summed E-state index contributed by atoms with van der Waals surface area (Å²) in [6.45, 7) is 5.64. The van der Waals surface area contributed by atoms with Gasteiger partial charge in [-0.1, -0.05) is 24.3 Å². The second kappa shape index (κ2) is 13.5. The van der Waals surface area contributed by atoms with E-state index in [0.717, 1.165) is 0 Å². The summed E-state index contributed by atoms with van der Waals surface area (Å²) < 4.78 is 16.1. The quantitative estimate of drug-likeness (QED) is 0.224. The van der Waals surface area contributed by atoms with Crippen molar-refractivity contribution in [1.82, 2.24) is 15.5 Å². The third-order valence-corrected chi connectivity index (χ3v) is 8.06. The normalized spacial score (nSPS) is 21.1. The Balaban J connectivity index is 1.67. The summed E-state index contributed by atoms with van der Waals surface area (Å²) in [6.07, 6.45) is -0.0910. The molecule has 2 aliphatic rings. The SMILES string of the molecule is COc1ccc(CC(NC(=O)[C@H](C)NC(=O)CN2CCOCC2)(C(N)=O)[C@H](Cc2ccc(O)cc2)C(=O)[C@@]2(C)CO2)cc1. The van der Waals surface area contributed by atoms with Crippen LogP contribution < -0.4 is 21.1 Å². The lowest BCUT2D eigenvalue weighted by Crippen LogP contribution is -2.68. The number of ketones is 1. The van der Waals surface area contributed by atoms with Gasteiger partial charge in [0.05, 0.1) is 39.4 Å². The molecule has 1 unspecified atom stereocenters. The van der Waals surface area contributed by atoms with Crippen LogP contribution in [-0.4, -0.2) is 97.3 Å². The Labute approximate surface area is 250 Å². The maximum atomic E-state index is 14.1. The van der Waals surface area contributed by atoms with Gasteiger partial charge in [-0.25, -0.2) is 0 Å². The molecule has 0 saturated carbocycles. The number of amides is 3. The molecule has 12 heteroatoms. The molecule has 0 bridgehead atoms. The number of nitrogens with one attached hydrogen (secondary N) is 2. The molecule has 43 heavy (non-hydrogen) atoms. The molecule has 2 aromatic carbocycles. The van der Waals surface area contributed by atoms with Crippen LogP contribution in [0.15, 0.2) is 48.5 Å². The standard InChI is InChI=1S/C31H40N4O8/c1-20(33-26(37)18-35-12-14-42-15-13-35)28(39)34-31(29(32)40,17-22-6-10-24(41-3)11-7-22)25(27(38)30(2)19-43-30)16-21-4-8-23(36)9-5-21/h4-11,20,25,36H,12-19H2,1-3H3,(H2,32,40)(H,33,37)(H,34,39)/t20-,25+,30+,31?/m0/s1. The molecule has 2 fully saturated rings. The summed E-state index contributed by atoms with van der Waals surface area (Å²) in [5.41, 5.74) is 4.32. The first-order valence-corrected chi connectivity index (χ1v) is 14.3. The minimum Gasteiger partial charge on any atom is -0.508 e. The molecule has 4 rings (SSSR count). The number of aromatic hydroxyl groups is 1. The number of primary amides is 1. The van der Waals surface area contributed by atoms with Crippen molar-refractivity contribution in [3.05, 3.63) is 59.7 Å². The lowest BCUT2D eigenvalue weighted by molar-refractivity contribution is -0.142. The molecule has 2 aromatic rings. The van der Waals surface area contributed by atoms with Gasteiger partial charge in [0, 0.05) is 19.5 Å². The second-order valence-corrected chi connectivity index (χ2v) is 11.3. The minimum absolute atomic E-state index is 0.0230. The summed E-state index contributed by atoms with van der Waals surface area (Å²) in [5, 5.41) is 15.3. The Kier molecular flexibility index (Phi) is 10.0. The van der Waals surface area contributed by atoms with Gasteiger partial charge in [-0.3, -0.25) is 24.1 Å². The molecule has 0 spiro atoms.